The molecule has 0 atom stereocenters. The number of nitro benzene ring substituents is 1. The lowest BCUT2D eigenvalue weighted by atomic mass is 9.93. The van der Waals surface area contributed by atoms with Crippen molar-refractivity contribution >= 4 is 22.9 Å². The first-order chi connectivity index (χ1) is 11.3. The molecule has 24 heavy (non-hydrogen) atoms. The van der Waals surface area contributed by atoms with Crippen molar-refractivity contribution in [2.45, 2.75) is 39.0 Å². The first-order valence-corrected chi connectivity index (χ1v) is 8.58. The van der Waals surface area contributed by atoms with Crippen molar-refractivity contribution < 1.29 is 9.72 Å². The van der Waals surface area contributed by atoms with E-state index in [4.69, 9.17) is 0 Å². The van der Waals surface area contributed by atoms with Crippen molar-refractivity contribution in [3.8, 4) is 0 Å². The Kier molecular flexibility index (Phi) is 5.66. The summed E-state index contributed by atoms with van der Waals surface area (Å²) < 4.78 is 0. The average Bonchev–Trinajstić information content (AvgIpc) is 2.97. The SMILES string of the molecule is CC(C)(C)c1csc(CCNC(=O)Cc2ccc([N+](=O)[O-])cc2)n1. The Morgan fingerprint density at radius 1 is 1.29 bits per heavy atom. The van der Waals surface area contributed by atoms with E-state index in [2.05, 4.69) is 36.5 Å². The van der Waals surface area contributed by atoms with Crippen LogP contribution in [0.3, 0.4) is 0 Å². The van der Waals surface area contributed by atoms with Crippen LogP contribution in [0.4, 0.5) is 5.69 Å². The molecule has 7 heteroatoms. The molecule has 2 rings (SSSR count). The fourth-order valence-electron chi connectivity index (χ4n) is 2.06. The molecule has 0 spiro atoms. The summed E-state index contributed by atoms with van der Waals surface area (Å²) in [6, 6.07) is 6.03. The van der Waals surface area contributed by atoms with Gasteiger partial charge in [-0.05, 0) is 5.56 Å². The number of benzene rings is 1. The van der Waals surface area contributed by atoms with Gasteiger partial charge in [-0.25, -0.2) is 4.98 Å². The number of rotatable bonds is 6. The van der Waals surface area contributed by atoms with Crippen molar-refractivity contribution in [3.05, 3.63) is 56.0 Å². The van der Waals surface area contributed by atoms with E-state index in [0.29, 0.717) is 13.0 Å². The molecule has 0 aliphatic heterocycles. The van der Waals surface area contributed by atoms with Gasteiger partial charge in [0.2, 0.25) is 5.91 Å². The van der Waals surface area contributed by atoms with Gasteiger partial charge < -0.3 is 5.32 Å². The van der Waals surface area contributed by atoms with Gasteiger partial charge in [0.25, 0.3) is 5.69 Å². The van der Waals surface area contributed by atoms with E-state index in [1.165, 1.54) is 12.1 Å². The van der Waals surface area contributed by atoms with E-state index < -0.39 is 4.92 Å². The Hall–Kier alpha value is -2.28. The van der Waals surface area contributed by atoms with Gasteiger partial charge in [-0.15, -0.1) is 11.3 Å². The van der Waals surface area contributed by atoms with E-state index >= 15 is 0 Å². The topological polar surface area (TPSA) is 85.1 Å². The molecule has 0 aliphatic rings. The standard InChI is InChI=1S/C17H21N3O3S/c1-17(2,3)14-11-24-16(19-14)8-9-18-15(21)10-12-4-6-13(7-5-12)20(22)23/h4-7,11H,8-10H2,1-3H3,(H,18,21). The number of nitrogens with one attached hydrogen (secondary N) is 1. The van der Waals surface area contributed by atoms with Crippen LogP contribution < -0.4 is 5.32 Å². The van der Waals surface area contributed by atoms with Crippen molar-refractivity contribution in [2.75, 3.05) is 6.54 Å². The number of carbonyl (C=O) groups excluding carboxylic acids is 1. The van der Waals surface area contributed by atoms with Crippen LogP contribution in [0.5, 0.6) is 0 Å². The van der Waals surface area contributed by atoms with E-state index in [9.17, 15) is 14.9 Å². The van der Waals surface area contributed by atoms with E-state index in [-0.39, 0.29) is 23.4 Å². The van der Waals surface area contributed by atoms with Crippen LogP contribution in [-0.2, 0) is 23.1 Å². The van der Waals surface area contributed by atoms with Crippen molar-refractivity contribution in [2.24, 2.45) is 0 Å². The van der Waals surface area contributed by atoms with Crippen molar-refractivity contribution in [1.29, 1.82) is 0 Å². The van der Waals surface area contributed by atoms with Crippen molar-refractivity contribution in [3.63, 3.8) is 0 Å². The lowest BCUT2D eigenvalue weighted by molar-refractivity contribution is -0.384. The highest BCUT2D eigenvalue weighted by Crippen LogP contribution is 2.23. The smallest absolute Gasteiger partial charge is 0.269 e. The Bertz CT molecular complexity index is 717. The molecule has 0 aliphatic carbocycles. The maximum absolute atomic E-state index is 11.9. The zero-order valence-corrected chi connectivity index (χ0v) is 14.9. The van der Waals surface area contributed by atoms with Crippen LogP contribution in [0.1, 0.15) is 37.0 Å². The fourth-order valence-corrected chi connectivity index (χ4v) is 3.09. The number of non-ortho nitro benzene ring substituents is 1. The van der Waals surface area contributed by atoms with Crippen LogP contribution in [0.15, 0.2) is 29.6 Å². The van der Waals surface area contributed by atoms with Gasteiger partial charge in [-0.1, -0.05) is 32.9 Å². The quantitative estimate of drug-likeness (QED) is 0.642. The number of aromatic nitrogens is 1. The molecule has 1 heterocycles. The highest BCUT2D eigenvalue weighted by Gasteiger charge is 2.17. The summed E-state index contributed by atoms with van der Waals surface area (Å²) in [6.07, 6.45) is 0.913. The fraction of sp³-hybridized carbons (Fsp3) is 0.412. The molecule has 1 amide bonds. The molecular formula is C17H21N3O3S. The van der Waals surface area contributed by atoms with Gasteiger partial charge in [0, 0.05) is 35.9 Å². The molecule has 1 N–H and O–H groups in total. The summed E-state index contributed by atoms with van der Waals surface area (Å²) >= 11 is 1.61. The number of carbonyl (C=O) groups is 1. The summed E-state index contributed by atoms with van der Waals surface area (Å²) in [4.78, 5) is 26.7. The minimum absolute atomic E-state index is 0.0255. The van der Waals surface area contributed by atoms with Crippen LogP contribution in [0, 0.1) is 10.1 Å². The molecule has 0 fully saturated rings. The van der Waals surface area contributed by atoms with Crippen LogP contribution in [0.25, 0.3) is 0 Å². The Morgan fingerprint density at radius 3 is 2.50 bits per heavy atom. The molecule has 0 unspecified atom stereocenters. The second-order valence-electron chi connectivity index (χ2n) is 6.58. The van der Waals surface area contributed by atoms with E-state index in [1.807, 2.05) is 0 Å². The molecule has 128 valence electrons. The van der Waals surface area contributed by atoms with Gasteiger partial charge >= 0.3 is 0 Å². The second kappa shape index (κ2) is 7.53. The van der Waals surface area contributed by atoms with Gasteiger partial charge in [-0.3, -0.25) is 14.9 Å². The second-order valence-corrected chi connectivity index (χ2v) is 7.52. The molecule has 0 radical (unpaired) electrons. The molecule has 6 nitrogen and oxygen atoms in total. The molecule has 0 bridgehead atoms. The molecule has 1 aromatic heterocycles. The normalized spacial score (nSPS) is 11.3. The summed E-state index contributed by atoms with van der Waals surface area (Å²) in [5.41, 5.74) is 1.88. The largest absolute Gasteiger partial charge is 0.355 e. The monoisotopic (exact) mass is 347 g/mol. The third-order valence-corrected chi connectivity index (χ3v) is 4.40. The van der Waals surface area contributed by atoms with E-state index in [0.717, 1.165) is 16.3 Å². The molecule has 1 aromatic carbocycles. The molecule has 2 aromatic rings. The highest BCUT2D eigenvalue weighted by atomic mass is 32.1. The lowest BCUT2D eigenvalue weighted by Crippen LogP contribution is -2.27. The number of thiazole rings is 1. The highest BCUT2D eigenvalue weighted by molar-refractivity contribution is 7.09. The minimum atomic E-state index is -0.455. The first kappa shape index (κ1) is 18.1. The Morgan fingerprint density at radius 2 is 1.96 bits per heavy atom. The van der Waals surface area contributed by atoms with Crippen LogP contribution in [0.2, 0.25) is 0 Å². The lowest BCUT2D eigenvalue weighted by Gasteiger charge is -2.14. The Balaban J connectivity index is 1.79. The maximum atomic E-state index is 11.9. The van der Waals surface area contributed by atoms with Crippen LogP contribution in [-0.4, -0.2) is 22.4 Å². The minimum Gasteiger partial charge on any atom is -0.355 e. The number of hydrogen-bond acceptors (Lipinski definition) is 5. The number of nitrogens with zero attached hydrogens (tertiary/aromatic N) is 2. The summed E-state index contributed by atoms with van der Waals surface area (Å²) in [5.74, 6) is -0.101. The summed E-state index contributed by atoms with van der Waals surface area (Å²) in [7, 11) is 0. The summed E-state index contributed by atoms with van der Waals surface area (Å²) in [5, 5.41) is 16.5. The number of hydrogen-bond donors (Lipinski definition) is 1. The summed E-state index contributed by atoms with van der Waals surface area (Å²) in [6.45, 7) is 6.90. The zero-order chi connectivity index (χ0) is 17.7. The zero-order valence-electron chi connectivity index (χ0n) is 14.0. The first-order valence-electron chi connectivity index (χ1n) is 7.70. The van der Waals surface area contributed by atoms with Gasteiger partial charge in [0.15, 0.2) is 0 Å². The van der Waals surface area contributed by atoms with Gasteiger partial charge in [0.1, 0.15) is 0 Å². The third kappa shape index (κ3) is 5.13. The van der Waals surface area contributed by atoms with Crippen LogP contribution >= 0.6 is 11.3 Å². The maximum Gasteiger partial charge on any atom is 0.269 e. The molecule has 0 saturated heterocycles. The molecule has 0 saturated carbocycles. The average molecular weight is 347 g/mol. The number of nitro groups is 1. The molecular weight excluding hydrogens is 326 g/mol. The van der Waals surface area contributed by atoms with E-state index in [1.54, 1.807) is 23.5 Å². The Labute approximate surface area is 145 Å². The predicted octanol–water partition coefficient (Wildman–Crippen LogP) is 3.25. The third-order valence-electron chi connectivity index (χ3n) is 3.49. The number of amides is 1. The van der Waals surface area contributed by atoms with Crippen molar-refractivity contribution in [1.82, 2.24) is 10.3 Å². The van der Waals surface area contributed by atoms with Gasteiger partial charge in [0.05, 0.1) is 22.0 Å². The predicted molar refractivity (Wildman–Crippen MR) is 94.3 cm³/mol. The van der Waals surface area contributed by atoms with Gasteiger partial charge in [-0.2, -0.15) is 0 Å².